The van der Waals surface area contributed by atoms with Crippen molar-refractivity contribution >= 4 is 22.4 Å². The molecule has 4 heteroatoms. The molecule has 2 heterocycles. The lowest BCUT2D eigenvalue weighted by Gasteiger charge is -2.37. The fraction of sp³-hybridized carbons (Fsp3) is 0.476. The topological polar surface area (TPSA) is 40.5 Å². The molecule has 0 radical (unpaired) electrons. The van der Waals surface area contributed by atoms with Gasteiger partial charge in [-0.2, -0.15) is 0 Å². The number of benzene rings is 1. The van der Waals surface area contributed by atoms with Gasteiger partial charge in [0.2, 0.25) is 5.91 Å². The summed E-state index contributed by atoms with van der Waals surface area (Å²) < 4.78 is 0. The van der Waals surface area contributed by atoms with Crippen LogP contribution in [0.4, 0.5) is 0 Å². The summed E-state index contributed by atoms with van der Waals surface area (Å²) in [6.07, 6.45) is 7.68. The summed E-state index contributed by atoms with van der Waals surface area (Å²) in [5.41, 5.74) is 5.30. The molecular weight excluding hydrogens is 310 g/mol. The Hall–Kier alpha value is -2.07. The lowest BCUT2D eigenvalue weighted by molar-refractivity contribution is -0.900. The molecule has 1 aromatic heterocycles. The Morgan fingerprint density at radius 1 is 1.40 bits per heavy atom. The second-order valence-electron chi connectivity index (χ2n) is 7.69. The van der Waals surface area contributed by atoms with E-state index in [2.05, 4.69) is 49.4 Å². The van der Waals surface area contributed by atoms with E-state index in [9.17, 15) is 4.79 Å². The number of amides is 1. The number of nitrogens with one attached hydrogen (secondary N) is 2. The zero-order valence-electron chi connectivity index (χ0n) is 15.4. The van der Waals surface area contributed by atoms with Crippen LogP contribution in [0.1, 0.15) is 30.9 Å². The Balaban J connectivity index is 1.71. The van der Waals surface area contributed by atoms with Gasteiger partial charge in [-0.1, -0.05) is 31.6 Å². The number of hydrogen-bond donors (Lipinski definition) is 2. The van der Waals surface area contributed by atoms with Gasteiger partial charge in [-0.05, 0) is 23.6 Å². The van der Waals surface area contributed by atoms with Gasteiger partial charge in [0.25, 0.3) is 0 Å². The lowest BCUT2D eigenvalue weighted by atomic mass is 9.79. The quantitative estimate of drug-likeness (QED) is 0.878. The van der Waals surface area contributed by atoms with Gasteiger partial charge in [0.15, 0.2) is 0 Å². The van der Waals surface area contributed by atoms with Crippen molar-refractivity contribution in [2.75, 3.05) is 27.2 Å². The average Bonchev–Trinajstić information content (AvgIpc) is 3.04. The number of quaternary nitrogens is 1. The smallest absolute Gasteiger partial charge is 0.234 e. The number of nitrogens with zero attached hydrogens (tertiary/aromatic N) is 1. The third-order valence-electron chi connectivity index (χ3n) is 5.96. The van der Waals surface area contributed by atoms with E-state index < -0.39 is 0 Å². The van der Waals surface area contributed by atoms with E-state index in [0.29, 0.717) is 6.04 Å². The largest absolute Gasteiger partial charge is 0.361 e. The van der Waals surface area contributed by atoms with Crippen LogP contribution in [0.25, 0.3) is 16.5 Å². The minimum Gasteiger partial charge on any atom is -0.361 e. The highest BCUT2D eigenvalue weighted by atomic mass is 16.2. The molecule has 2 aliphatic rings. The predicted molar refractivity (Wildman–Crippen MR) is 102 cm³/mol. The first-order chi connectivity index (χ1) is 12.1. The van der Waals surface area contributed by atoms with Gasteiger partial charge in [-0.25, -0.2) is 0 Å². The normalized spacial score (nSPS) is 24.8. The molecule has 1 unspecified atom stereocenters. The van der Waals surface area contributed by atoms with E-state index in [1.807, 2.05) is 11.9 Å². The number of likely N-dealkylation sites (N-methyl/N-ethyl adjacent to an activating group) is 1. The molecule has 3 atom stereocenters. The van der Waals surface area contributed by atoms with Crippen LogP contribution in [0.15, 0.2) is 30.5 Å². The number of unbranched alkanes of at least 4 members (excludes halogenated alkanes) is 1. The van der Waals surface area contributed by atoms with Crippen LogP contribution in [-0.2, 0) is 11.2 Å². The van der Waals surface area contributed by atoms with Gasteiger partial charge >= 0.3 is 0 Å². The molecule has 2 aromatic rings. The standard InChI is InChI=1S/C21H27N3O/c1-4-5-9-23(2)21(25)15-10-17-16-7-6-8-18-20(16)14(12-22-18)11-19(17)24(3)13-15/h6-8,10,12,15,19,22H,4-5,9,11,13H2,1-3H3/p+1/t15-,19-/m1/s1. The molecule has 2 N–H and O–H groups in total. The predicted octanol–water partition coefficient (Wildman–Crippen LogP) is 1.88. The molecular formula is C21H28N3O+. The first kappa shape index (κ1) is 16.4. The van der Waals surface area contributed by atoms with E-state index in [1.165, 1.54) is 32.5 Å². The maximum Gasteiger partial charge on any atom is 0.234 e. The Morgan fingerprint density at radius 2 is 2.24 bits per heavy atom. The molecule has 132 valence electrons. The third kappa shape index (κ3) is 2.69. The molecule has 0 spiro atoms. The van der Waals surface area contributed by atoms with E-state index in [4.69, 9.17) is 0 Å². The molecule has 0 saturated heterocycles. The fourth-order valence-electron chi connectivity index (χ4n) is 4.53. The number of aromatic nitrogens is 1. The van der Waals surface area contributed by atoms with Gasteiger partial charge in [0.1, 0.15) is 12.0 Å². The summed E-state index contributed by atoms with van der Waals surface area (Å²) in [5.74, 6) is 0.259. The highest BCUT2D eigenvalue weighted by molar-refractivity contribution is 5.98. The number of carbonyl (C=O) groups is 1. The van der Waals surface area contributed by atoms with Crippen molar-refractivity contribution in [3.05, 3.63) is 41.6 Å². The van der Waals surface area contributed by atoms with Crippen molar-refractivity contribution in [2.45, 2.75) is 32.2 Å². The summed E-state index contributed by atoms with van der Waals surface area (Å²) in [6.45, 7) is 3.91. The highest BCUT2D eigenvalue weighted by Crippen LogP contribution is 2.37. The summed E-state index contributed by atoms with van der Waals surface area (Å²) in [5, 5.41) is 1.35. The first-order valence-electron chi connectivity index (χ1n) is 9.48. The van der Waals surface area contributed by atoms with Crippen LogP contribution in [0.3, 0.4) is 0 Å². The molecule has 4 nitrogen and oxygen atoms in total. The molecule has 1 aromatic carbocycles. The molecule has 1 aliphatic carbocycles. The second-order valence-corrected chi connectivity index (χ2v) is 7.69. The number of aromatic amines is 1. The van der Waals surface area contributed by atoms with Crippen LogP contribution in [0.5, 0.6) is 0 Å². The van der Waals surface area contributed by atoms with Gasteiger partial charge < -0.3 is 14.8 Å². The average molecular weight is 338 g/mol. The number of hydrogen-bond acceptors (Lipinski definition) is 1. The van der Waals surface area contributed by atoms with Gasteiger partial charge in [-0.3, -0.25) is 4.79 Å². The summed E-state index contributed by atoms with van der Waals surface area (Å²) in [4.78, 5) is 19.7. The molecule has 0 bridgehead atoms. The van der Waals surface area contributed by atoms with Crippen molar-refractivity contribution in [3.63, 3.8) is 0 Å². The van der Waals surface area contributed by atoms with Gasteiger partial charge in [0.05, 0.1) is 13.6 Å². The van der Waals surface area contributed by atoms with E-state index in [1.54, 1.807) is 0 Å². The number of H-pyrrole nitrogens is 1. The summed E-state index contributed by atoms with van der Waals surface area (Å²) in [7, 11) is 4.19. The molecule has 0 saturated carbocycles. The fourth-order valence-corrected chi connectivity index (χ4v) is 4.53. The minimum absolute atomic E-state index is 0.0103. The van der Waals surface area contributed by atoms with Crippen molar-refractivity contribution in [3.8, 4) is 0 Å². The molecule has 1 aliphatic heterocycles. The summed E-state index contributed by atoms with van der Waals surface area (Å²) >= 11 is 0. The lowest BCUT2D eigenvalue weighted by Crippen LogP contribution is -3.15. The summed E-state index contributed by atoms with van der Waals surface area (Å²) in [6, 6.07) is 6.94. The zero-order chi connectivity index (χ0) is 17.6. The molecule has 1 amide bonds. The van der Waals surface area contributed by atoms with Crippen molar-refractivity contribution in [2.24, 2.45) is 5.92 Å². The van der Waals surface area contributed by atoms with Crippen LogP contribution >= 0.6 is 0 Å². The van der Waals surface area contributed by atoms with Crippen molar-refractivity contribution in [1.82, 2.24) is 9.88 Å². The number of rotatable bonds is 4. The number of carbonyl (C=O) groups excluding carboxylic acids is 1. The SMILES string of the molecule is CCCCN(C)C(=O)[C@@H]1C=C2c3cccc4[nH]cc(c34)C[C@H]2[NH+](C)C1. The van der Waals surface area contributed by atoms with Crippen molar-refractivity contribution in [1.29, 1.82) is 0 Å². The van der Waals surface area contributed by atoms with Crippen LogP contribution < -0.4 is 4.90 Å². The second kappa shape index (κ2) is 6.34. The van der Waals surface area contributed by atoms with Crippen LogP contribution in [0, 0.1) is 5.92 Å². The molecule has 4 rings (SSSR count). The Morgan fingerprint density at radius 3 is 3.04 bits per heavy atom. The van der Waals surface area contributed by atoms with Crippen LogP contribution in [0.2, 0.25) is 0 Å². The first-order valence-corrected chi connectivity index (χ1v) is 9.48. The van der Waals surface area contributed by atoms with Gasteiger partial charge in [-0.15, -0.1) is 0 Å². The zero-order valence-corrected chi connectivity index (χ0v) is 15.4. The molecule has 25 heavy (non-hydrogen) atoms. The Bertz CT molecular complexity index is 835. The molecule has 0 fully saturated rings. The van der Waals surface area contributed by atoms with Crippen molar-refractivity contribution < 1.29 is 9.69 Å². The maximum absolute atomic E-state index is 12.9. The van der Waals surface area contributed by atoms with E-state index >= 15 is 0 Å². The van der Waals surface area contributed by atoms with E-state index in [0.717, 1.165) is 32.4 Å². The Labute approximate surface area is 149 Å². The van der Waals surface area contributed by atoms with E-state index in [-0.39, 0.29) is 11.8 Å². The van der Waals surface area contributed by atoms with Crippen LogP contribution in [-0.4, -0.2) is 49.0 Å². The minimum atomic E-state index is -0.0103. The third-order valence-corrected chi connectivity index (χ3v) is 5.96. The number of fused-ring (bicyclic) bond motifs is 2. The maximum atomic E-state index is 12.9. The monoisotopic (exact) mass is 338 g/mol. The Kier molecular flexibility index (Phi) is 4.16. The highest BCUT2D eigenvalue weighted by Gasteiger charge is 2.39. The van der Waals surface area contributed by atoms with Gasteiger partial charge in [0, 0.05) is 42.7 Å².